The number of amides is 1. The Hall–Kier alpha value is -3.07. The lowest BCUT2D eigenvalue weighted by atomic mass is 9.53. The van der Waals surface area contributed by atoms with Crippen LogP contribution in [0.5, 0.6) is 0 Å². The first kappa shape index (κ1) is 24.0. The molecule has 4 fully saturated rings. The Bertz CT molecular complexity index is 1300. The van der Waals surface area contributed by atoms with Gasteiger partial charge >= 0.3 is 0 Å². The number of anilines is 1. The molecule has 5 aliphatic carbocycles. The van der Waals surface area contributed by atoms with Crippen molar-refractivity contribution in [2.45, 2.75) is 75.3 Å². The quantitative estimate of drug-likeness (QED) is 0.424. The summed E-state index contributed by atoms with van der Waals surface area (Å²) in [5.74, 6) is 4.56. The van der Waals surface area contributed by atoms with E-state index in [0.29, 0.717) is 6.42 Å². The lowest BCUT2D eigenvalue weighted by molar-refractivity contribution is -0.153. The van der Waals surface area contributed by atoms with Crippen molar-refractivity contribution >= 4 is 17.2 Å². The summed E-state index contributed by atoms with van der Waals surface area (Å²) >= 11 is 0. The maximum absolute atomic E-state index is 13.2. The van der Waals surface area contributed by atoms with Gasteiger partial charge in [-0.1, -0.05) is 36.4 Å². The fraction of sp³-hybridized carbons (Fsp3) is 0.485. The van der Waals surface area contributed by atoms with E-state index in [1.165, 1.54) is 67.9 Å². The lowest BCUT2D eigenvalue weighted by Gasteiger charge is -2.57. The number of hydrogen-bond acceptors (Lipinski definition) is 4. The van der Waals surface area contributed by atoms with Crippen LogP contribution in [-0.4, -0.2) is 40.9 Å². The topological polar surface area (TPSA) is 61.8 Å². The summed E-state index contributed by atoms with van der Waals surface area (Å²) in [6.07, 6.45) is 14.0. The third-order valence-corrected chi connectivity index (χ3v) is 10.1. The van der Waals surface area contributed by atoms with Crippen LogP contribution in [0.4, 0.5) is 5.69 Å². The Morgan fingerprint density at radius 1 is 1.08 bits per heavy atom. The van der Waals surface area contributed by atoms with Gasteiger partial charge in [-0.05, 0) is 115 Å². The Morgan fingerprint density at radius 2 is 1.74 bits per heavy atom. The molecule has 0 radical (unpaired) electrons. The number of methoxy groups -OCH3 is 1. The molecule has 4 bridgehead atoms. The minimum absolute atomic E-state index is 0.239. The fourth-order valence-electron chi connectivity index (χ4n) is 9.04. The molecular formula is C33H36N2O3. The molecule has 0 saturated heterocycles. The van der Waals surface area contributed by atoms with Gasteiger partial charge in [-0.2, -0.15) is 0 Å². The monoisotopic (exact) mass is 508 g/mol. The van der Waals surface area contributed by atoms with E-state index in [1.807, 2.05) is 0 Å². The van der Waals surface area contributed by atoms with E-state index in [-0.39, 0.29) is 11.6 Å². The molecule has 2 aromatic rings. The van der Waals surface area contributed by atoms with E-state index in [1.54, 1.807) is 4.90 Å². The number of carbonyl (C=O) groups excluding carboxylic acids is 1. The molecule has 1 unspecified atom stereocenters. The van der Waals surface area contributed by atoms with Crippen LogP contribution in [0, 0.1) is 30.1 Å². The van der Waals surface area contributed by atoms with Gasteiger partial charge in [-0.25, -0.2) is 0 Å². The number of terminal acetylenes is 1. The van der Waals surface area contributed by atoms with Crippen LogP contribution < -0.4 is 5.32 Å². The molecule has 0 spiro atoms. The number of rotatable bonds is 5. The first-order chi connectivity index (χ1) is 18.5. The highest BCUT2D eigenvalue weighted by molar-refractivity contribution is 5.95. The summed E-state index contributed by atoms with van der Waals surface area (Å²) in [6.45, 7) is 0. The van der Waals surface area contributed by atoms with Crippen molar-refractivity contribution in [3.05, 3.63) is 70.8 Å². The van der Waals surface area contributed by atoms with Crippen molar-refractivity contribution in [1.82, 2.24) is 4.90 Å². The summed E-state index contributed by atoms with van der Waals surface area (Å²) in [7, 11) is 1.47. The highest BCUT2D eigenvalue weighted by atomic mass is 16.6. The van der Waals surface area contributed by atoms with Crippen LogP contribution in [0.1, 0.15) is 67.7 Å². The molecule has 3 atom stereocenters. The molecule has 1 amide bonds. The second-order valence-corrected chi connectivity index (χ2v) is 12.4. The minimum atomic E-state index is -1.13. The molecule has 6 aliphatic rings. The average molecular weight is 509 g/mol. The zero-order valence-corrected chi connectivity index (χ0v) is 22.0. The molecular weight excluding hydrogens is 472 g/mol. The van der Waals surface area contributed by atoms with Crippen molar-refractivity contribution < 1.29 is 14.6 Å². The van der Waals surface area contributed by atoms with Crippen LogP contribution in [0.3, 0.4) is 0 Å². The lowest BCUT2D eigenvalue weighted by Crippen LogP contribution is -2.54. The van der Waals surface area contributed by atoms with E-state index in [0.717, 1.165) is 35.4 Å². The minimum Gasteiger partial charge on any atom is -0.380 e. The number of nitrogens with one attached hydrogen (secondary N) is 1. The van der Waals surface area contributed by atoms with Crippen LogP contribution in [0.15, 0.2) is 54.1 Å². The smallest absolute Gasteiger partial charge is 0.299 e. The molecule has 2 N–H and O–H groups in total. The van der Waals surface area contributed by atoms with Gasteiger partial charge in [0.05, 0.1) is 12.1 Å². The molecule has 5 nitrogen and oxygen atoms in total. The van der Waals surface area contributed by atoms with Gasteiger partial charge in [-0.15, -0.1) is 6.42 Å². The third-order valence-electron chi connectivity index (χ3n) is 10.1. The number of hydrogen-bond donors (Lipinski definition) is 2. The summed E-state index contributed by atoms with van der Waals surface area (Å²) in [6, 6.07) is 16.1. The Labute approximate surface area is 225 Å². The molecule has 2 aromatic carbocycles. The Balaban J connectivity index is 1.24. The molecule has 8 rings (SSSR count). The fourth-order valence-corrected chi connectivity index (χ4v) is 9.04. The molecule has 1 heterocycles. The Kier molecular flexibility index (Phi) is 5.69. The maximum Gasteiger partial charge on any atom is 0.299 e. The number of carbonyl (C=O) groups is 1. The Morgan fingerprint density at radius 3 is 2.37 bits per heavy atom. The van der Waals surface area contributed by atoms with Gasteiger partial charge < -0.3 is 20.1 Å². The second-order valence-electron chi connectivity index (χ2n) is 12.4. The van der Waals surface area contributed by atoms with E-state index >= 15 is 0 Å². The van der Waals surface area contributed by atoms with E-state index in [2.05, 4.69) is 59.8 Å². The molecule has 5 heteroatoms. The number of benzene rings is 2. The zero-order chi connectivity index (χ0) is 26.0. The SMILES string of the molecule is C#CC(=O)N1[C@@H](c2ccc(NC34CC5CC(CC(C5)C3)C4)cc2)C2=C(C[C@@H]1C(O)OC)c1ccccc1C2. The first-order valence-electron chi connectivity index (χ1n) is 14.1. The highest BCUT2D eigenvalue weighted by Gasteiger charge is 2.51. The van der Waals surface area contributed by atoms with Crippen molar-refractivity contribution in [3.8, 4) is 12.3 Å². The first-order valence-corrected chi connectivity index (χ1v) is 14.1. The normalized spacial score (nSPS) is 33.5. The average Bonchev–Trinajstić information content (AvgIpc) is 3.29. The number of fused-ring (bicyclic) bond motifs is 2. The molecule has 38 heavy (non-hydrogen) atoms. The van der Waals surface area contributed by atoms with E-state index in [4.69, 9.17) is 11.2 Å². The van der Waals surface area contributed by atoms with Gasteiger partial charge in [0.2, 0.25) is 0 Å². The van der Waals surface area contributed by atoms with Gasteiger partial charge in [0.25, 0.3) is 5.91 Å². The number of ether oxygens (including phenoxy) is 1. The van der Waals surface area contributed by atoms with E-state index < -0.39 is 18.2 Å². The number of aliphatic hydroxyl groups is 1. The van der Waals surface area contributed by atoms with Crippen molar-refractivity contribution in [2.24, 2.45) is 17.8 Å². The molecule has 1 aliphatic heterocycles. The van der Waals surface area contributed by atoms with Gasteiger partial charge in [-0.3, -0.25) is 4.79 Å². The van der Waals surface area contributed by atoms with Crippen LogP contribution in [0.2, 0.25) is 0 Å². The summed E-state index contributed by atoms with van der Waals surface area (Å²) < 4.78 is 5.35. The summed E-state index contributed by atoms with van der Waals surface area (Å²) in [5, 5.41) is 14.8. The number of nitrogens with zero attached hydrogens (tertiary/aromatic N) is 1. The van der Waals surface area contributed by atoms with Gasteiger partial charge in [0.15, 0.2) is 6.29 Å². The standard InChI is InChI=1S/C33H36N2O3/c1-3-30(36)35-29(32(37)38-2)16-27-26-7-5-4-6-24(26)15-28(27)31(35)23-8-10-25(11-9-23)34-33-17-20-12-21(18-33)14-22(13-20)19-33/h1,4-11,20-22,29,31-32,34,37H,12-19H2,2H3/t20?,21?,22?,29-,31+,32?,33?/m1/s1. The third kappa shape index (κ3) is 3.81. The van der Waals surface area contributed by atoms with Crippen molar-refractivity contribution in [2.75, 3.05) is 12.4 Å². The second kappa shape index (κ2) is 9.00. The largest absolute Gasteiger partial charge is 0.380 e. The van der Waals surface area contributed by atoms with Crippen LogP contribution in [0.25, 0.3) is 5.57 Å². The zero-order valence-electron chi connectivity index (χ0n) is 22.0. The summed E-state index contributed by atoms with van der Waals surface area (Å²) in [5.41, 5.74) is 7.25. The van der Waals surface area contributed by atoms with Crippen molar-refractivity contribution in [1.29, 1.82) is 0 Å². The molecule has 4 saturated carbocycles. The number of aliphatic hydroxyl groups excluding tert-OH is 1. The van der Waals surface area contributed by atoms with Crippen LogP contribution >= 0.6 is 0 Å². The van der Waals surface area contributed by atoms with Gasteiger partial charge in [0, 0.05) is 18.3 Å². The predicted molar refractivity (Wildman–Crippen MR) is 148 cm³/mol. The van der Waals surface area contributed by atoms with Crippen LogP contribution in [-0.2, 0) is 16.0 Å². The predicted octanol–water partition coefficient (Wildman–Crippen LogP) is 5.32. The molecule has 0 aromatic heterocycles. The van der Waals surface area contributed by atoms with Crippen molar-refractivity contribution in [3.63, 3.8) is 0 Å². The molecule has 196 valence electrons. The van der Waals surface area contributed by atoms with Gasteiger partial charge in [0.1, 0.15) is 0 Å². The summed E-state index contributed by atoms with van der Waals surface area (Å²) in [4.78, 5) is 14.9. The van der Waals surface area contributed by atoms with E-state index in [9.17, 15) is 9.90 Å². The highest BCUT2D eigenvalue weighted by Crippen LogP contribution is 2.57. The maximum atomic E-state index is 13.2.